The van der Waals surface area contributed by atoms with Gasteiger partial charge in [-0.2, -0.15) is 0 Å². The van der Waals surface area contributed by atoms with E-state index in [1.165, 1.54) is 6.07 Å². The molecule has 24 heavy (non-hydrogen) atoms. The molecule has 0 saturated carbocycles. The zero-order valence-corrected chi connectivity index (χ0v) is 13.6. The molecule has 2 rings (SSSR count). The quantitative estimate of drug-likeness (QED) is 0.178. The Labute approximate surface area is 140 Å². The van der Waals surface area contributed by atoms with Gasteiger partial charge in [0.2, 0.25) is 0 Å². The normalized spacial score (nSPS) is 20.2. The van der Waals surface area contributed by atoms with Crippen molar-refractivity contribution in [2.24, 2.45) is 10.5 Å². The first-order valence-electron chi connectivity index (χ1n) is 8.05. The molecule has 0 radical (unpaired) electrons. The van der Waals surface area contributed by atoms with Crippen molar-refractivity contribution in [1.82, 2.24) is 0 Å². The van der Waals surface area contributed by atoms with Crippen LogP contribution in [0.15, 0.2) is 35.5 Å². The first-order valence-corrected chi connectivity index (χ1v) is 8.05. The number of ketones is 1. The molecule has 0 fully saturated rings. The van der Waals surface area contributed by atoms with Crippen LogP contribution < -0.4 is 0 Å². The van der Waals surface area contributed by atoms with E-state index in [0.717, 1.165) is 6.42 Å². The van der Waals surface area contributed by atoms with E-state index < -0.39 is 10.3 Å². The minimum Gasteiger partial charge on any atom is -0.294 e. The second kappa shape index (κ2) is 7.75. The van der Waals surface area contributed by atoms with Crippen molar-refractivity contribution >= 4 is 17.0 Å². The highest BCUT2D eigenvalue weighted by molar-refractivity contribution is 6.24. The molecular weight excluding hydrogens is 308 g/mol. The second-order valence-electron chi connectivity index (χ2n) is 5.95. The first-order chi connectivity index (χ1) is 11.6. The predicted molar refractivity (Wildman–Crippen MR) is 91.3 cm³/mol. The van der Waals surface area contributed by atoms with E-state index in [9.17, 15) is 14.9 Å². The van der Waals surface area contributed by atoms with Crippen molar-refractivity contribution < 1.29 is 9.72 Å². The van der Waals surface area contributed by atoms with Gasteiger partial charge in [-0.15, -0.1) is 0 Å². The third-order valence-electron chi connectivity index (χ3n) is 4.74. The van der Waals surface area contributed by atoms with Gasteiger partial charge in [0.1, 0.15) is 0 Å². The van der Waals surface area contributed by atoms with Gasteiger partial charge in [-0.05, 0) is 43.7 Å². The van der Waals surface area contributed by atoms with Crippen LogP contribution in [0.25, 0.3) is 16.0 Å². The fourth-order valence-electron chi connectivity index (χ4n) is 3.36. The minimum atomic E-state index is -0.529. The van der Waals surface area contributed by atoms with Crippen molar-refractivity contribution in [3.63, 3.8) is 0 Å². The predicted octanol–water partition coefficient (Wildman–Crippen LogP) is 4.83. The van der Waals surface area contributed by atoms with Crippen molar-refractivity contribution in [1.29, 1.82) is 0 Å². The number of azide groups is 1. The summed E-state index contributed by atoms with van der Waals surface area (Å²) in [6.45, 7) is 2.32. The summed E-state index contributed by atoms with van der Waals surface area (Å²) >= 11 is 0. The van der Waals surface area contributed by atoms with Crippen molar-refractivity contribution in [3.05, 3.63) is 56.5 Å². The lowest BCUT2D eigenvalue weighted by molar-refractivity contribution is -0.385. The Hall–Kier alpha value is -2.66. The molecule has 126 valence electrons. The van der Waals surface area contributed by atoms with E-state index in [1.54, 1.807) is 18.2 Å². The van der Waals surface area contributed by atoms with Gasteiger partial charge >= 0.3 is 0 Å². The van der Waals surface area contributed by atoms with Crippen LogP contribution in [0.1, 0.15) is 44.6 Å². The molecule has 0 unspecified atom stereocenters. The van der Waals surface area contributed by atoms with Crippen LogP contribution in [-0.2, 0) is 4.79 Å². The monoisotopic (exact) mass is 328 g/mol. The van der Waals surface area contributed by atoms with Gasteiger partial charge in [-0.3, -0.25) is 14.9 Å². The van der Waals surface area contributed by atoms with Crippen LogP contribution in [0.5, 0.6) is 0 Å². The van der Waals surface area contributed by atoms with Crippen LogP contribution in [0.4, 0.5) is 5.69 Å². The highest BCUT2D eigenvalue weighted by Crippen LogP contribution is 2.44. The maximum atomic E-state index is 13.1. The molecule has 0 aliphatic heterocycles. The topological polar surface area (TPSA) is 109 Å². The second-order valence-corrected chi connectivity index (χ2v) is 5.95. The standard InChI is InChI=1S/C17H20N4O3/c1-2-17(11-6-12-19-20-18)10-5-8-14(16(17)22)13-7-3-4-9-15(13)21(23)24/h3-4,7-9H,2,5-6,10-12H2,1H3/t17-/m1/s1. The number of hydrogen-bond acceptors (Lipinski definition) is 4. The van der Waals surface area contributed by atoms with Crippen LogP contribution in [0, 0.1) is 15.5 Å². The summed E-state index contributed by atoms with van der Waals surface area (Å²) in [6, 6.07) is 6.36. The van der Waals surface area contributed by atoms with Crippen LogP contribution in [0.2, 0.25) is 0 Å². The number of carbonyl (C=O) groups excluding carboxylic acids is 1. The Morgan fingerprint density at radius 2 is 2.17 bits per heavy atom. The minimum absolute atomic E-state index is 0.0357. The molecule has 1 aromatic carbocycles. The molecule has 7 nitrogen and oxygen atoms in total. The smallest absolute Gasteiger partial charge is 0.277 e. The summed E-state index contributed by atoms with van der Waals surface area (Å²) in [5.41, 5.74) is 8.63. The molecule has 0 aromatic heterocycles. The first kappa shape index (κ1) is 17.7. The molecule has 0 spiro atoms. The lowest BCUT2D eigenvalue weighted by Crippen LogP contribution is -2.34. The van der Waals surface area contributed by atoms with Crippen molar-refractivity contribution in [3.8, 4) is 0 Å². The maximum Gasteiger partial charge on any atom is 0.277 e. The summed E-state index contributed by atoms with van der Waals surface area (Å²) in [5.74, 6) is -0.0357. The molecule has 0 saturated heterocycles. The van der Waals surface area contributed by atoms with Crippen LogP contribution in [-0.4, -0.2) is 17.3 Å². The number of allylic oxidation sites excluding steroid dienone is 2. The molecule has 0 bridgehead atoms. The van der Waals surface area contributed by atoms with Crippen molar-refractivity contribution in [2.75, 3.05) is 6.54 Å². The molecule has 1 aromatic rings. The van der Waals surface area contributed by atoms with Gasteiger partial charge in [0.05, 0.1) is 10.5 Å². The number of rotatable bonds is 7. The van der Waals surface area contributed by atoms with Gasteiger partial charge in [0.25, 0.3) is 5.69 Å². The Morgan fingerprint density at radius 1 is 1.42 bits per heavy atom. The van der Waals surface area contributed by atoms with E-state index >= 15 is 0 Å². The third-order valence-corrected chi connectivity index (χ3v) is 4.74. The fraction of sp³-hybridized carbons (Fsp3) is 0.471. The molecule has 0 amide bonds. The average molecular weight is 328 g/mol. The molecule has 1 aliphatic carbocycles. The van der Waals surface area contributed by atoms with Gasteiger partial charge in [-0.1, -0.05) is 30.2 Å². The number of nitro groups is 1. The summed E-state index contributed by atoms with van der Waals surface area (Å²) in [6.07, 6.45) is 5.17. The zero-order chi connectivity index (χ0) is 17.6. The van der Waals surface area contributed by atoms with E-state index in [1.807, 2.05) is 13.0 Å². The Morgan fingerprint density at radius 3 is 2.83 bits per heavy atom. The number of Topliss-reactive ketones (excluding diaryl/α,β-unsaturated/α-hetero) is 1. The molecule has 0 N–H and O–H groups in total. The van der Waals surface area contributed by atoms with Crippen LogP contribution >= 0.6 is 0 Å². The zero-order valence-electron chi connectivity index (χ0n) is 13.6. The molecule has 1 atom stereocenters. The van der Waals surface area contributed by atoms with Gasteiger partial charge in [-0.25, -0.2) is 0 Å². The molecule has 1 aliphatic rings. The SMILES string of the molecule is CC[C@]1(CCCN=[N+]=[N-])CCC=C(c2ccccc2[N+](=O)[O-])C1=O. The lowest BCUT2D eigenvalue weighted by Gasteiger charge is -2.35. The van der Waals surface area contributed by atoms with Gasteiger partial charge < -0.3 is 0 Å². The number of hydrogen-bond donors (Lipinski definition) is 0. The molecule has 0 heterocycles. The summed E-state index contributed by atoms with van der Waals surface area (Å²) in [7, 11) is 0. The summed E-state index contributed by atoms with van der Waals surface area (Å²) in [5, 5.41) is 14.8. The van der Waals surface area contributed by atoms with E-state index in [0.29, 0.717) is 43.4 Å². The highest BCUT2D eigenvalue weighted by Gasteiger charge is 2.40. The Bertz CT molecular complexity index is 722. The average Bonchev–Trinajstić information content (AvgIpc) is 2.60. The Balaban J connectivity index is 2.33. The lowest BCUT2D eigenvalue weighted by atomic mass is 9.67. The number of para-hydroxylation sites is 1. The van der Waals surface area contributed by atoms with E-state index in [2.05, 4.69) is 10.0 Å². The Kier molecular flexibility index (Phi) is 5.71. The van der Waals surface area contributed by atoms with E-state index in [4.69, 9.17) is 5.53 Å². The van der Waals surface area contributed by atoms with Crippen molar-refractivity contribution in [2.45, 2.75) is 39.0 Å². The van der Waals surface area contributed by atoms with Gasteiger partial charge in [0, 0.05) is 28.5 Å². The number of benzene rings is 1. The van der Waals surface area contributed by atoms with Gasteiger partial charge in [0.15, 0.2) is 5.78 Å². The maximum absolute atomic E-state index is 13.1. The highest BCUT2D eigenvalue weighted by atomic mass is 16.6. The third kappa shape index (κ3) is 3.46. The summed E-state index contributed by atoms with van der Waals surface area (Å²) < 4.78 is 0. The number of nitro benzene ring substituents is 1. The largest absolute Gasteiger partial charge is 0.294 e. The summed E-state index contributed by atoms with van der Waals surface area (Å²) in [4.78, 5) is 26.7. The number of nitrogens with zero attached hydrogens (tertiary/aromatic N) is 4. The molecule has 7 heteroatoms. The number of carbonyl (C=O) groups is 1. The van der Waals surface area contributed by atoms with E-state index in [-0.39, 0.29) is 11.5 Å². The van der Waals surface area contributed by atoms with Crippen LogP contribution in [0.3, 0.4) is 0 Å². The fourth-order valence-corrected chi connectivity index (χ4v) is 3.36. The molecular formula is C17H20N4O3.